The lowest BCUT2D eigenvalue weighted by molar-refractivity contribution is 0.470. The maximum absolute atomic E-state index is 12.1. The van der Waals surface area contributed by atoms with Crippen LogP contribution in [0.15, 0.2) is 23.3 Å². The number of rotatable bonds is 3. The Hall–Kier alpha value is -1.84. The van der Waals surface area contributed by atoms with Crippen molar-refractivity contribution in [3.63, 3.8) is 0 Å². The number of hydrogen-bond donors (Lipinski definition) is 1. The van der Waals surface area contributed by atoms with Gasteiger partial charge in [-0.1, -0.05) is 20.3 Å². The molecule has 0 aromatic carbocycles. The molecule has 0 saturated heterocycles. The van der Waals surface area contributed by atoms with E-state index in [1.807, 2.05) is 13.8 Å². The Kier molecular flexibility index (Phi) is 3.13. The predicted molar refractivity (Wildman–Crippen MR) is 66.5 cm³/mol. The standard InChI is InChI=1S/C13H16N2O2/c1-3-5-10-8-14-12-11(16)9(4-2)6-7-15(12)13(10)17/h6-8,16H,3-5H2,1-2H3. The Bertz CT molecular complexity index is 602. The van der Waals surface area contributed by atoms with Gasteiger partial charge in [0.15, 0.2) is 11.4 Å². The maximum atomic E-state index is 12.1. The second-order valence-electron chi connectivity index (χ2n) is 4.08. The van der Waals surface area contributed by atoms with Crippen molar-refractivity contribution in [2.45, 2.75) is 33.1 Å². The Morgan fingerprint density at radius 1 is 1.35 bits per heavy atom. The molecule has 0 aliphatic heterocycles. The summed E-state index contributed by atoms with van der Waals surface area (Å²) in [6.07, 6.45) is 5.59. The molecule has 0 atom stereocenters. The predicted octanol–water partition coefficient (Wildman–Crippen LogP) is 1.91. The van der Waals surface area contributed by atoms with Gasteiger partial charge in [0.1, 0.15) is 0 Å². The van der Waals surface area contributed by atoms with Gasteiger partial charge in [0, 0.05) is 18.0 Å². The van der Waals surface area contributed by atoms with Crippen LogP contribution >= 0.6 is 0 Å². The van der Waals surface area contributed by atoms with E-state index in [2.05, 4.69) is 4.98 Å². The molecule has 0 fully saturated rings. The molecule has 0 saturated carbocycles. The van der Waals surface area contributed by atoms with E-state index in [0.717, 1.165) is 18.4 Å². The third-order valence-electron chi connectivity index (χ3n) is 2.91. The zero-order chi connectivity index (χ0) is 12.4. The van der Waals surface area contributed by atoms with Crippen LogP contribution < -0.4 is 5.56 Å². The normalized spacial score (nSPS) is 10.9. The van der Waals surface area contributed by atoms with Crippen molar-refractivity contribution in [2.24, 2.45) is 0 Å². The molecular formula is C13H16N2O2. The summed E-state index contributed by atoms with van der Waals surface area (Å²) in [4.78, 5) is 16.3. The molecular weight excluding hydrogens is 216 g/mol. The Labute approximate surface area is 99.6 Å². The van der Waals surface area contributed by atoms with Gasteiger partial charge in [-0.2, -0.15) is 0 Å². The fraction of sp³-hybridized carbons (Fsp3) is 0.385. The summed E-state index contributed by atoms with van der Waals surface area (Å²) < 4.78 is 1.42. The highest BCUT2D eigenvalue weighted by molar-refractivity contribution is 5.56. The molecule has 0 radical (unpaired) electrons. The average Bonchev–Trinajstić information content (AvgIpc) is 2.34. The van der Waals surface area contributed by atoms with Crippen LogP contribution in [-0.4, -0.2) is 14.5 Å². The molecule has 4 nitrogen and oxygen atoms in total. The summed E-state index contributed by atoms with van der Waals surface area (Å²) in [5, 5.41) is 9.97. The zero-order valence-electron chi connectivity index (χ0n) is 10.1. The van der Waals surface area contributed by atoms with E-state index in [1.54, 1.807) is 18.5 Å². The number of fused-ring (bicyclic) bond motifs is 1. The van der Waals surface area contributed by atoms with Crippen LogP contribution in [0.5, 0.6) is 5.75 Å². The molecule has 90 valence electrons. The summed E-state index contributed by atoms with van der Waals surface area (Å²) in [5.74, 6) is 0.107. The van der Waals surface area contributed by atoms with E-state index < -0.39 is 0 Å². The Morgan fingerprint density at radius 2 is 2.12 bits per heavy atom. The second-order valence-corrected chi connectivity index (χ2v) is 4.08. The van der Waals surface area contributed by atoms with Crippen LogP contribution in [0.4, 0.5) is 0 Å². The van der Waals surface area contributed by atoms with Crippen molar-refractivity contribution in [3.8, 4) is 5.75 Å². The highest BCUT2D eigenvalue weighted by Crippen LogP contribution is 2.21. The van der Waals surface area contributed by atoms with Crippen molar-refractivity contribution < 1.29 is 5.11 Å². The first-order chi connectivity index (χ1) is 8.19. The van der Waals surface area contributed by atoms with Gasteiger partial charge in [-0.3, -0.25) is 9.20 Å². The molecule has 1 N–H and O–H groups in total. The molecule has 2 heterocycles. The summed E-state index contributed by atoms with van der Waals surface area (Å²) in [5.41, 5.74) is 1.75. The largest absolute Gasteiger partial charge is 0.504 e. The topological polar surface area (TPSA) is 54.6 Å². The van der Waals surface area contributed by atoms with Crippen molar-refractivity contribution in [2.75, 3.05) is 0 Å². The molecule has 0 bridgehead atoms. The van der Waals surface area contributed by atoms with E-state index in [4.69, 9.17) is 0 Å². The summed E-state index contributed by atoms with van der Waals surface area (Å²) in [6.45, 7) is 3.97. The summed E-state index contributed by atoms with van der Waals surface area (Å²) >= 11 is 0. The van der Waals surface area contributed by atoms with Gasteiger partial charge in [0.2, 0.25) is 0 Å². The number of aromatic hydroxyl groups is 1. The van der Waals surface area contributed by atoms with E-state index in [1.165, 1.54) is 4.40 Å². The van der Waals surface area contributed by atoms with Gasteiger partial charge >= 0.3 is 0 Å². The van der Waals surface area contributed by atoms with Crippen LogP contribution in [0.25, 0.3) is 5.65 Å². The molecule has 0 aliphatic carbocycles. The minimum absolute atomic E-state index is 0.0881. The summed E-state index contributed by atoms with van der Waals surface area (Å²) in [6, 6.07) is 1.77. The number of pyridine rings is 1. The number of aryl methyl sites for hydroxylation is 2. The SMILES string of the molecule is CCCc1cnc2c(O)c(CC)ccn2c1=O. The highest BCUT2D eigenvalue weighted by atomic mass is 16.3. The van der Waals surface area contributed by atoms with Crippen LogP contribution in [0.1, 0.15) is 31.4 Å². The second kappa shape index (κ2) is 4.57. The van der Waals surface area contributed by atoms with Crippen molar-refractivity contribution in [1.29, 1.82) is 0 Å². The Morgan fingerprint density at radius 3 is 2.76 bits per heavy atom. The first-order valence-electron chi connectivity index (χ1n) is 5.90. The molecule has 0 unspecified atom stereocenters. The van der Waals surface area contributed by atoms with Gasteiger partial charge in [-0.25, -0.2) is 4.98 Å². The quantitative estimate of drug-likeness (QED) is 0.879. The van der Waals surface area contributed by atoms with Gasteiger partial charge in [-0.05, 0) is 24.5 Å². The lowest BCUT2D eigenvalue weighted by Crippen LogP contribution is -2.19. The number of nitrogens with zero attached hydrogens (tertiary/aromatic N) is 2. The van der Waals surface area contributed by atoms with Crippen LogP contribution in [0.3, 0.4) is 0 Å². The van der Waals surface area contributed by atoms with Crippen LogP contribution in [-0.2, 0) is 12.8 Å². The molecule has 2 rings (SSSR count). The fourth-order valence-corrected chi connectivity index (χ4v) is 1.93. The molecule has 0 amide bonds. The lowest BCUT2D eigenvalue weighted by Gasteiger charge is -2.07. The minimum atomic E-state index is -0.0881. The van der Waals surface area contributed by atoms with Gasteiger partial charge in [0.25, 0.3) is 5.56 Å². The fourth-order valence-electron chi connectivity index (χ4n) is 1.93. The highest BCUT2D eigenvalue weighted by Gasteiger charge is 2.09. The lowest BCUT2D eigenvalue weighted by atomic mass is 10.1. The molecule has 0 spiro atoms. The minimum Gasteiger partial charge on any atom is -0.504 e. The summed E-state index contributed by atoms with van der Waals surface area (Å²) in [7, 11) is 0. The van der Waals surface area contributed by atoms with Crippen molar-refractivity contribution in [3.05, 3.63) is 39.9 Å². The van der Waals surface area contributed by atoms with Crippen LogP contribution in [0, 0.1) is 0 Å². The van der Waals surface area contributed by atoms with Crippen molar-refractivity contribution >= 4 is 5.65 Å². The van der Waals surface area contributed by atoms with Crippen LogP contribution in [0.2, 0.25) is 0 Å². The zero-order valence-corrected chi connectivity index (χ0v) is 10.1. The number of hydrogen-bond acceptors (Lipinski definition) is 3. The molecule has 2 aromatic heterocycles. The monoisotopic (exact) mass is 232 g/mol. The van der Waals surface area contributed by atoms with E-state index in [0.29, 0.717) is 17.6 Å². The van der Waals surface area contributed by atoms with Gasteiger partial charge in [0.05, 0.1) is 0 Å². The maximum Gasteiger partial charge on any atom is 0.261 e. The van der Waals surface area contributed by atoms with Gasteiger partial charge in [-0.15, -0.1) is 0 Å². The smallest absolute Gasteiger partial charge is 0.261 e. The first-order valence-corrected chi connectivity index (χ1v) is 5.90. The first kappa shape index (κ1) is 11.6. The van der Waals surface area contributed by atoms with E-state index in [-0.39, 0.29) is 11.3 Å². The molecule has 17 heavy (non-hydrogen) atoms. The molecule has 4 heteroatoms. The van der Waals surface area contributed by atoms with Gasteiger partial charge < -0.3 is 5.11 Å². The molecule has 2 aromatic rings. The average molecular weight is 232 g/mol. The third-order valence-corrected chi connectivity index (χ3v) is 2.91. The molecule has 0 aliphatic rings. The Balaban J connectivity index is 2.72. The van der Waals surface area contributed by atoms with E-state index in [9.17, 15) is 9.90 Å². The van der Waals surface area contributed by atoms with E-state index >= 15 is 0 Å². The number of aromatic nitrogens is 2. The third kappa shape index (κ3) is 1.90. The van der Waals surface area contributed by atoms with Crippen molar-refractivity contribution in [1.82, 2.24) is 9.38 Å².